The quantitative estimate of drug-likeness (QED) is 0.323. The van der Waals surface area contributed by atoms with E-state index in [4.69, 9.17) is 4.74 Å². The number of imide groups is 1. The van der Waals surface area contributed by atoms with Crippen molar-refractivity contribution in [3.8, 4) is 5.75 Å². The zero-order chi connectivity index (χ0) is 24.0. The van der Waals surface area contributed by atoms with Gasteiger partial charge in [-0.1, -0.05) is 51.8 Å². The van der Waals surface area contributed by atoms with E-state index in [-0.39, 0.29) is 41.4 Å². The summed E-state index contributed by atoms with van der Waals surface area (Å²) in [5.74, 6) is -0.427. The molecular weight excluding hydrogens is 494 g/mol. The summed E-state index contributed by atoms with van der Waals surface area (Å²) >= 11 is 3.49. The first kappa shape index (κ1) is 23.1. The number of rotatable bonds is 5. The molecule has 2 amide bonds. The van der Waals surface area contributed by atoms with E-state index in [2.05, 4.69) is 35.0 Å². The number of aromatic hydroxyl groups is 1. The van der Waals surface area contributed by atoms with Gasteiger partial charge in [0, 0.05) is 23.0 Å². The van der Waals surface area contributed by atoms with Crippen molar-refractivity contribution in [1.82, 2.24) is 4.90 Å². The van der Waals surface area contributed by atoms with Gasteiger partial charge >= 0.3 is 0 Å². The Hall–Kier alpha value is -2.70. The minimum Gasteiger partial charge on any atom is -0.507 e. The Bertz CT molecular complexity index is 1200. The van der Waals surface area contributed by atoms with Gasteiger partial charge in [0.15, 0.2) is 0 Å². The number of likely N-dealkylation sites (tertiary alicyclic amines) is 1. The van der Waals surface area contributed by atoms with Gasteiger partial charge < -0.3 is 9.84 Å². The van der Waals surface area contributed by atoms with Crippen molar-refractivity contribution in [1.29, 1.82) is 0 Å². The molecule has 0 bridgehead atoms. The highest BCUT2D eigenvalue weighted by molar-refractivity contribution is 9.10. The number of hydrogen-bond acceptors (Lipinski definition) is 4. The van der Waals surface area contributed by atoms with Gasteiger partial charge in [0.25, 0.3) is 0 Å². The third-order valence-corrected chi connectivity index (χ3v) is 8.01. The highest BCUT2D eigenvalue weighted by Crippen LogP contribution is 2.49. The van der Waals surface area contributed by atoms with Crippen LogP contribution in [0.1, 0.15) is 37.3 Å². The van der Waals surface area contributed by atoms with E-state index in [0.717, 1.165) is 34.0 Å². The smallest absolute Gasteiger partial charge is 0.233 e. The molecule has 5 rings (SSSR count). The second kappa shape index (κ2) is 9.16. The molecule has 1 aliphatic carbocycles. The normalized spacial score (nSPS) is 26.8. The Morgan fingerprint density at radius 1 is 1.15 bits per heavy atom. The van der Waals surface area contributed by atoms with Crippen molar-refractivity contribution in [3.63, 3.8) is 0 Å². The minimum absolute atomic E-state index is 0.0107. The molecule has 34 heavy (non-hydrogen) atoms. The van der Waals surface area contributed by atoms with Crippen molar-refractivity contribution < 1.29 is 19.4 Å². The molecule has 2 saturated heterocycles. The summed E-state index contributed by atoms with van der Waals surface area (Å²) in [6, 6.07) is 15.6. The highest BCUT2D eigenvalue weighted by atomic mass is 79.9. The number of allylic oxidation sites excluding steroid dienone is 2. The Morgan fingerprint density at radius 2 is 1.91 bits per heavy atom. The number of phenols is 1. The van der Waals surface area contributed by atoms with Crippen molar-refractivity contribution in [2.24, 2.45) is 17.8 Å². The number of nitrogens with zero attached hydrogens (tertiary/aromatic N) is 1. The number of carbonyl (C=O) groups is 2. The summed E-state index contributed by atoms with van der Waals surface area (Å²) < 4.78 is 7.16. The van der Waals surface area contributed by atoms with Gasteiger partial charge in [-0.25, -0.2) is 0 Å². The molecule has 3 aliphatic rings. The first-order valence-corrected chi connectivity index (χ1v) is 12.5. The number of phenolic OH excluding ortho intramolecular Hbond substituents is 1. The number of carbonyl (C=O) groups excluding carboxylic acids is 2. The molecule has 2 aromatic carbocycles. The lowest BCUT2D eigenvalue weighted by atomic mass is 9.70. The maximum atomic E-state index is 12.8. The van der Waals surface area contributed by atoms with Gasteiger partial charge in [-0.05, 0) is 67.2 Å². The fourth-order valence-electron chi connectivity index (χ4n) is 5.85. The van der Waals surface area contributed by atoms with Gasteiger partial charge in [0.1, 0.15) is 5.75 Å². The van der Waals surface area contributed by atoms with E-state index >= 15 is 0 Å². The third kappa shape index (κ3) is 4.03. The summed E-state index contributed by atoms with van der Waals surface area (Å²) in [5, 5.41) is 10.4. The van der Waals surface area contributed by atoms with Crippen molar-refractivity contribution in [3.05, 3.63) is 75.3 Å². The van der Waals surface area contributed by atoms with Crippen LogP contribution in [0.5, 0.6) is 5.75 Å². The van der Waals surface area contributed by atoms with Gasteiger partial charge in [0.05, 0.1) is 24.5 Å². The van der Waals surface area contributed by atoms with Crippen LogP contribution in [0.2, 0.25) is 0 Å². The predicted octanol–water partition coefficient (Wildman–Crippen LogP) is 5.44. The standard InChI is InChI=1S/C28H28BrNO4/c1-16-12-21-26(28(33)30(2)27(21)32)22-15-34-24(25(16)22)11-8-18(17-6-4-3-5-7-17)13-19-14-20(29)9-10-23(19)31/h3-7,9-10,13-14,21-22,24,26,31H,8,11-12,15H2,1-2H3/b18-13-/t21-,22+,24-,26-/m1/s1. The molecule has 1 N–H and O–H groups in total. The third-order valence-electron chi connectivity index (χ3n) is 7.51. The number of ether oxygens (including phenoxy) is 1. The van der Waals surface area contributed by atoms with Crippen LogP contribution in [0.4, 0.5) is 0 Å². The molecule has 2 aliphatic heterocycles. The summed E-state index contributed by atoms with van der Waals surface area (Å²) in [5.41, 5.74) is 5.38. The predicted molar refractivity (Wildman–Crippen MR) is 135 cm³/mol. The average Bonchev–Trinajstić information content (AvgIpc) is 3.35. The van der Waals surface area contributed by atoms with Crippen LogP contribution < -0.4 is 0 Å². The Labute approximate surface area is 208 Å². The van der Waals surface area contributed by atoms with E-state index < -0.39 is 0 Å². The van der Waals surface area contributed by atoms with Crippen LogP contribution in [0.3, 0.4) is 0 Å². The number of benzene rings is 2. The number of fused-ring (bicyclic) bond motifs is 3. The van der Waals surface area contributed by atoms with Crippen LogP contribution in [-0.4, -0.2) is 41.6 Å². The molecule has 2 fully saturated rings. The van der Waals surface area contributed by atoms with Crippen LogP contribution in [0.15, 0.2) is 64.1 Å². The Morgan fingerprint density at radius 3 is 2.68 bits per heavy atom. The fraction of sp³-hybridized carbons (Fsp3) is 0.357. The topological polar surface area (TPSA) is 66.8 Å². The molecule has 0 spiro atoms. The SMILES string of the molecule is CC1=C2[C@@H](CC/C(=C/c3cc(Br)ccc3O)c3ccccc3)OC[C@@H]2[C@@H]2C(=O)N(C)C(=O)[C@@H]2C1. The van der Waals surface area contributed by atoms with Gasteiger partial charge in [-0.15, -0.1) is 0 Å². The summed E-state index contributed by atoms with van der Waals surface area (Å²) in [4.78, 5) is 26.7. The molecule has 176 valence electrons. The lowest BCUT2D eigenvalue weighted by molar-refractivity contribution is -0.138. The molecule has 0 saturated carbocycles. The van der Waals surface area contributed by atoms with Gasteiger partial charge in [0.2, 0.25) is 11.8 Å². The minimum atomic E-state index is -0.288. The summed E-state index contributed by atoms with van der Waals surface area (Å²) in [6.07, 6.45) is 4.13. The first-order chi connectivity index (χ1) is 16.3. The van der Waals surface area contributed by atoms with E-state index in [1.54, 1.807) is 13.1 Å². The monoisotopic (exact) mass is 521 g/mol. The summed E-state index contributed by atoms with van der Waals surface area (Å²) in [6.45, 7) is 2.58. The van der Waals surface area contributed by atoms with Gasteiger partial charge in [-0.2, -0.15) is 0 Å². The molecule has 2 aromatic rings. The van der Waals surface area contributed by atoms with E-state index in [9.17, 15) is 14.7 Å². The maximum absolute atomic E-state index is 12.8. The first-order valence-electron chi connectivity index (χ1n) is 11.7. The molecule has 5 nitrogen and oxygen atoms in total. The molecule has 0 aromatic heterocycles. The fourth-order valence-corrected chi connectivity index (χ4v) is 6.23. The van der Waals surface area contributed by atoms with Crippen molar-refractivity contribution >= 4 is 39.4 Å². The Balaban J connectivity index is 1.41. The zero-order valence-corrected chi connectivity index (χ0v) is 20.9. The second-order valence-corrected chi connectivity index (χ2v) is 10.4. The van der Waals surface area contributed by atoms with Crippen LogP contribution in [0, 0.1) is 17.8 Å². The van der Waals surface area contributed by atoms with E-state index in [1.165, 1.54) is 16.0 Å². The van der Waals surface area contributed by atoms with E-state index in [0.29, 0.717) is 13.0 Å². The zero-order valence-electron chi connectivity index (χ0n) is 19.3. The second-order valence-electron chi connectivity index (χ2n) is 9.51. The lowest BCUT2D eigenvalue weighted by Gasteiger charge is -2.30. The largest absolute Gasteiger partial charge is 0.507 e. The lowest BCUT2D eigenvalue weighted by Crippen LogP contribution is -2.33. The summed E-state index contributed by atoms with van der Waals surface area (Å²) in [7, 11) is 1.60. The molecule has 2 heterocycles. The highest BCUT2D eigenvalue weighted by Gasteiger charge is 2.55. The van der Waals surface area contributed by atoms with Crippen LogP contribution >= 0.6 is 15.9 Å². The molecule has 6 heteroatoms. The van der Waals surface area contributed by atoms with Crippen molar-refractivity contribution in [2.75, 3.05) is 13.7 Å². The molecule has 0 unspecified atom stereocenters. The molecule has 4 atom stereocenters. The molecule has 0 radical (unpaired) electrons. The van der Waals surface area contributed by atoms with Crippen LogP contribution in [0.25, 0.3) is 11.6 Å². The van der Waals surface area contributed by atoms with Crippen LogP contribution in [-0.2, 0) is 14.3 Å². The molecular formula is C28H28BrNO4. The average molecular weight is 522 g/mol. The Kier molecular flexibility index (Phi) is 6.21. The number of halogens is 1. The number of hydrogen-bond donors (Lipinski definition) is 1. The number of amides is 2. The maximum Gasteiger partial charge on any atom is 0.233 e. The van der Waals surface area contributed by atoms with Gasteiger partial charge in [-0.3, -0.25) is 14.5 Å². The van der Waals surface area contributed by atoms with Crippen molar-refractivity contribution in [2.45, 2.75) is 32.3 Å². The van der Waals surface area contributed by atoms with E-state index in [1.807, 2.05) is 36.4 Å².